The largest absolute Gasteiger partial charge is 0.496 e. The van der Waals surface area contributed by atoms with E-state index in [9.17, 15) is 4.79 Å². The predicted octanol–water partition coefficient (Wildman–Crippen LogP) is 2.83. The van der Waals surface area contributed by atoms with Gasteiger partial charge in [0.05, 0.1) is 12.7 Å². The van der Waals surface area contributed by atoms with Gasteiger partial charge in [0.25, 0.3) is 5.91 Å². The van der Waals surface area contributed by atoms with Crippen molar-refractivity contribution in [2.75, 3.05) is 13.0 Å². The fourth-order valence-electron chi connectivity index (χ4n) is 1.51. The molecule has 1 amide bonds. The van der Waals surface area contributed by atoms with E-state index in [1.54, 1.807) is 19.2 Å². The maximum Gasteiger partial charge on any atom is 0.255 e. The summed E-state index contributed by atoms with van der Waals surface area (Å²) >= 11 is 5.70. The Bertz CT molecular complexity index is 391. The van der Waals surface area contributed by atoms with Crippen molar-refractivity contribution in [3.63, 3.8) is 0 Å². The highest BCUT2D eigenvalue weighted by molar-refractivity contribution is 6.17. The van der Waals surface area contributed by atoms with E-state index in [-0.39, 0.29) is 11.4 Å². The molecular formula is C13H18ClNO2. The average Bonchev–Trinajstić information content (AvgIpc) is 2.28. The van der Waals surface area contributed by atoms with E-state index in [2.05, 4.69) is 5.32 Å². The summed E-state index contributed by atoms with van der Waals surface area (Å²) in [6.45, 7) is 3.89. The van der Waals surface area contributed by atoms with Gasteiger partial charge < -0.3 is 10.1 Å². The minimum absolute atomic E-state index is 0.141. The van der Waals surface area contributed by atoms with Crippen LogP contribution in [0.25, 0.3) is 0 Å². The fraction of sp³-hybridized carbons (Fsp3) is 0.462. The van der Waals surface area contributed by atoms with Crippen molar-refractivity contribution in [3.8, 4) is 5.75 Å². The number of para-hydroxylation sites is 1. The van der Waals surface area contributed by atoms with Gasteiger partial charge in [-0.05, 0) is 32.4 Å². The van der Waals surface area contributed by atoms with Gasteiger partial charge in [0.1, 0.15) is 5.75 Å². The van der Waals surface area contributed by atoms with Gasteiger partial charge in [-0.2, -0.15) is 0 Å². The number of carbonyl (C=O) groups excluding carboxylic acids is 1. The molecule has 0 unspecified atom stereocenters. The number of carbonyl (C=O) groups is 1. The lowest BCUT2D eigenvalue weighted by molar-refractivity contribution is 0.0908. The molecule has 0 radical (unpaired) electrons. The van der Waals surface area contributed by atoms with Crippen LogP contribution in [-0.4, -0.2) is 24.4 Å². The number of rotatable bonds is 5. The average molecular weight is 256 g/mol. The summed E-state index contributed by atoms with van der Waals surface area (Å²) < 4.78 is 5.15. The van der Waals surface area contributed by atoms with E-state index in [1.807, 2.05) is 26.0 Å². The second-order valence-electron chi connectivity index (χ2n) is 4.48. The van der Waals surface area contributed by atoms with Crippen LogP contribution in [0.4, 0.5) is 0 Å². The first-order chi connectivity index (χ1) is 8.00. The van der Waals surface area contributed by atoms with E-state index in [1.165, 1.54) is 0 Å². The number of methoxy groups -OCH3 is 1. The summed E-state index contributed by atoms with van der Waals surface area (Å²) in [5, 5.41) is 2.94. The molecule has 0 heterocycles. The van der Waals surface area contributed by atoms with Gasteiger partial charge in [0.2, 0.25) is 0 Å². The Kier molecular flexibility index (Phi) is 4.82. The van der Waals surface area contributed by atoms with Crippen LogP contribution in [0.3, 0.4) is 0 Å². The van der Waals surface area contributed by atoms with Crippen LogP contribution in [0.1, 0.15) is 30.6 Å². The number of halogens is 1. The second-order valence-corrected chi connectivity index (χ2v) is 4.86. The summed E-state index contributed by atoms with van der Waals surface area (Å²) in [4.78, 5) is 12.1. The van der Waals surface area contributed by atoms with Crippen LogP contribution in [0.2, 0.25) is 0 Å². The quantitative estimate of drug-likeness (QED) is 0.822. The molecule has 1 aromatic carbocycles. The molecule has 0 aliphatic heterocycles. The lowest BCUT2D eigenvalue weighted by Crippen LogP contribution is -2.43. The number of nitrogens with one attached hydrogen (secondary N) is 1. The van der Waals surface area contributed by atoms with Crippen molar-refractivity contribution in [1.29, 1.82) is 0 Å². The second kappa shape index (κ2) is 5.92. The highest BCUT2D eigenvalue weighted by Crippen LogP contribution is 2.19. The lowest BCUT2D eigenvalue weighted by atomic mass is 10.0. The lowest BCUT2D eigenvalue weighted by Gasteiger charge is -2.25. The molecule has 0 aromatic heterocycles. The minimum atomic E-state index is -0.320. The first-order valence-corrected chi connectivity index (χ1v) is 6.05. The number of benzene rings is 1. The normalized spacial score (nSPS) is 11.1. The number of hydrogen-bond donors (Lipinski definition) is 1. The van der Waals surface area contributed by atoms with Crippen molar-refractivity contribution >= 4 is 17.5 Å². The molecule has 3 nitrogen and oxygen atoms in total. The van der Waals surface area contributed by atoms with Crippen LogP contribution in [0.5, 0.6) is 5.75 Å². The Labute approximate surface area is 107 Å². The van der Waals surface area contributed by atoms with Crippen LogP contribution < -0.4 is 10.1 Å². The van der Waals surface area contributed by atoms with Crippen LogP contribution in [-0.2, 0) is 0 Å². The number of alkyl halides is 1. The Morgan fingerprint density at radius 1 is 1.41 bits per heavy atom. The zero-order valence-corrected chi connectivity index (χ0v) is 11.2. The Morgan fingerprint density at radius 3 is 2.65 bits per heavy atom. The maximum atomic E-state index is 12.1. The summed E-state index contributed by atoms with van der Waals surface area (Å²) in [6, 6.07) is 7.15. The third-order valence-corrected chi connectivity index (χ3v) is 2.71. The van der Waals surface area contributed by atoms with Crippen LogP contribution in [0, 0.1) is 0 Å². The van der Waals surface area contributed by atoms with Crippen LogP contribution >= 0.6 is 11.6 Å². The smallest absolute Gasteiger partial charge is 0.255 e. The molecule has 1 aromatic rings. The molecule has 0 atom stereocenters. The van der Waals surface area contributed by atoms with Crippen molar-refractivity contribution in [1.82, 2.24) is 5.32 Å². The molecule has 0 bridgehead atoms. The SMILES string of the molecule is COc1ccccc1C(=O)NC(C)(C)CCCl. The van der Waals surface area contributed by atoms with Crippen molar-refractivity contribution in [2.45, 2.75) is 25.8 Å². The number of hydrogen-bond acceptors (Lipinski definition) is 2. The van der Waals surface area contributed by atoms with E-state index in [0.29, 0.717) is 17.2 Å². The molecule has 0 aliphatic carbocycles. The molecule has 0 saturated heterocycles. The predicted molar refractivity (Wildman–Crippen MR) is 69.9 cm³/mol. The van der Waals surface area contributed by atoms with E-state index in [0.717, 1.165) is 6.42 Å². The highest BCUT2D eigenvalue weighted by Gasteiger charge is 2.22. The van der Waals surface area contributed by atoms with Crippen molar-refractivity contribution in [2.24, 2.45) is 0 Å². The monoisotopic (exact) mass is 255 g/mol. The summed E-state index contributed by atoms with van der Waals surface area (Å²) in [5.74, 6) is 0.948. The van der Waals surface area contributed by atoms with Crippen LogP contribution in [0.15, 0.2) is 24.3 Å². The first-order valence-electron chi connectivity index (χ1n) is 5.51. The van der Waals surface area contributed by atoms with Gasteiger partial charge in [0.15, 0.2) is 0 Å². The van der Waals surface area contributed by atoms with Gasteiger partial charge in [0, 0.05) is 11.4 Å². The number of amides is 1. The molecular weight excluding hydrogens is 238 g/mol. The summed E-state index contributed by atoms with van der Waals surface area (Å²) in [7, 11) is 1.55. The molecule has 0 aliphatic rings. The molecule has 4 heteroatoms. The molecule has 1 N–H and O–H groups in total. The van der Waals surface area contributed by atoms with Gasteiger partial charge in [-0.3, -0.25) is 4.79 Å². The van der Waals surface area contributed by atoms with Gasteiger partial charge in [-0.15, -0.1) is 11.6 Å². The maximum absolute atomic E-state index is 12.1. The standard InChI is InChI=1S/C13H18ClNO2/c1-13(2,8-9-14)15-12(16)10-6-4-5-7-11(10)17-3/h4-7H,8-9H2,1-3H3,(H,15,16). The minimum Gasteiger partial charge on any atom is -0.496 e. The molecule has 0 fully saturated rings. The third kappa shape index (κ3) is 3.93. The number of ether oxygens (including phenoxy) is 1. The summed E-state index contributed by atoms with van der Waals surface area (Å²) in [5.41, 5.74) is 0.220. The highest BCUT2D eigenvalue weighted by atomic mass is 35.5. The fourth-order valence-corrected chi connectivity index (χ4v) is 1.98. The van der Waals surface area contributed by atoms with Gasteiger partial charge in [-0.25, -0.2) is 0 Å². The first kappa shape index (κ1) is 13.8. The zero-order chi connectivity index (χ0) is 12.9. The van der Waals surface area contributed by atoms with E-state index < -0.39 is 0 Å². The topological polar surface area (TPSA) is 38.3 Å². The molecule has 94 valence electrons. The third-order valence-electron chi connectivity index (χ3n) is 2.52. The van der Waals surface area contributed by atoms with Crippen molar-refractivity contribution in [3.05, 3.63) is 29.8 Å². The molecule has 1 rings (SSSR count). The Morgan fingerprint density at radius 2 is 2.06 bits per heavy atom. The Hall–Kier alpha value is -1.22. The zero-order valence-electron chi connectivity index (χ0n) is 10.4. The Balaban J connectivity index is 2.83. The molecule has 0 spiro atoms. The summed E-state index contributed by atoms with van der Waals surface area (Å²) in [6.07, 6.45) is 0.718. The molecule has 17 heavy (non-hydrogen) atoms. The van der Waals surface area contributed by atoms with Gasteiger partial charge >= 0.3 is 0 Å². The molecule has 0 saturated carbocycles. The van der Waals surface area contributed by atoms with E-state index >= 15 is 0 Å². The van der Waals surface area contributed by atoms with E-state index in [4.69, 9.17) is 16.3 Å². The van der Waals surface area contributed by atoms with Crippen molar-refractivity contribution < 1.29 is 9.53 Å². The van der Waals surface area contributed by atoms with Gasteiger partial charge in [-0.1, -0.05) is 12.1 Å².